The number of hydrogen-bond donors (Lipinski definition) is 1. The van der Waals surface area contributed by atoms with E-state index in [0.717, 1.165) is 37.9 Å². The highest BCUT2D eigenvalue weighted by atomic mass is 127. The summed E-state index contributed by atoms with van der Waals surface area (Å²) in [5, 5.41) is 3.57. The number of hydrogen-bond acceptors (Lipinski definition) is 3. The van der Waals surface area contributed by atoms with Gasteiger partial charge in [-0.15, -0.1) is 24.0 Å². The molecule has 0 radical (unpaired) electrons. The number of guanidine groups is 1. The number of methoxy groups -OCH3 is 1. The fourth-order valence-corrected chi connectivity index (χ4v) is 3.52. The van der Waals surface area contributed by atoms with E-state index in [1.165, 1.54) is 11.3 Å². The van der Waals surface area contributed by atoms with Gasteiger partial charge in [-0.2, -0.15) is 0 Å². The number of halogens is 1. The van der Waals surface area contributed by atoms with E-state index in [9.17, 15) is 0 Å². The molecular formula is C22H36IN5O. The lowest BCUT2D eigenvalue weighted by Crippen LogP contribution is -2.43. The molecule has 1 heterocycles. The molecule has 1 aromatic heterocycles. The smallest absolute Gasteiger partial charge is 0.193 e. The molecule has 0 spiro atoms. The lowest BCUT2D eigenvalue weighted by Gasteiger charge is -2.32. The molecule has 7 heteroatoms. The Morgan fingerprint density at radius 1 is 1.21 bits per heavy atom. The predicted octanol–water partition coefficient (Wildman–Crippen LogP) is 3.74. The first-order valence-corrected chi connectivity index (χ1v) is 9.93. The molecule has 1 N–H and O–H groups in total. The zero-order chi connectivity index (χ0) is 20.5. The average molecular weight is 513 g/mol. The number of ether oxygens (including phenoxy) is 1. The molecule has 0 amide bonds. The summed E-state index contributed by atoms with van der Waals surface area (Å²) >= 11 is 0. The minimum atomic E-state index is 0. The molecule has 1 unspecified atom stereocenters. The van der Waals surface area contributed by atoms with E-state index >= 15 is 0 Å². The molecular weight excluding hydrogens is 477 g/mol. The zero-order valence-corrected chi connectivity index (χ0v) is 20.9. The number of nitrogens with one attached hydrogen (secondary N) is 1. The third-order valence-corrected chi connectivity index (χ3v) is 5.21. The second-order valence-corrected chi connectivity index (χ2v) is 6.91. The maximum Gasteiger partial charge on any atom is 0.193 e. The average Bonchev–Trinajstić information content (AvgIpc) is 3.12. The Kier molecular flexibility index (Phi) is 11.1. The van der Waals surface area contributed by atoms with E-state index in [1.807, 2.05) is 13.1 Å². The van der Waals surface area contributed by atoms with Crippen molar-refractivity contribution in [3.63, 3.8) is 0 Å². The van der Waals surface area contributed by atoms with Crippen molar-refractivity contribution in [3.05, 3.63) is 53.9 Å². The van der Waals surface area contributed by atoms with E-state index in [-0.39, 0.29) is 30.0 Å². The predicted molar refractivity (Wildman–Crippen MR) is 132 cm³/mol. The summed E-state index contributed by atoms with van der Waals surface area (Å²) in [4.78, 5) is 9.09. The lowest BCUT2D eigenvalue weighted by molar-refractivity contribution is 0.217. The summed E-state index contributed by atoms with van der Waals surface area (Å²) in [6.07, 6.45) is 2.07. The van der Waals surface area contributed by atoms with Crippen molar-refractivity contribution in [2.45, 2.75) is 26.4 Å². The van der Waals surface area contributed by atoms with Gasteiger partial charge >= 0.3 is 0 Å². The monoisotopic (exact) mass is 513 g/mol. The van der Waals surface area contributed by atoms with Gasteiger partial charge in [0.05, 0.1) is 19.7 Å². The van der Waals surface area contributed by atoms with Crippen molar-refractivity contribution < 1.29 is 4.74 Å². The third kappa shape index (κ3) is 6.92. The Morgan fingerprint density at radius 2 is 1.93 bits per heavy atom. The number of rotatable bonds is 9. The van der Waals surface area contributed by atoms with Crippen molar-refractivity contribution in [1.82, 2.24) is 19.7 Å². The van der Waals surface area contributed by atoms with Crippen LogP contribution in [0.5, 0.6) is 5.75 Å². The first-order valence-electron chi connectivity index (χ1n) is 9.93. The second kappa shape index (κ2) is 12.7. The molecule has 0 fully saturated rings. The van der Waals surface area contributed by atoms with E-state index in [4.69, 9.17) is 4.74 Å². The van der Waals surface area contributed by atoms with E-state index in [2.05, 4.69) is 89.1 Å². The van der Waals surface area contributed by atoms with Gasteiger partial charge in [0.25, 0.3) is 0 Å². The van der Waals surface area contributed by atoms with Crippen molar-refractivity contribution in [2.75, 3.05) is 40.8 Å². The molecule has 0 bridgehead atoms. The van der Waals surface area contributed by atoms with Gasteiger partial charge in [-0.1, -0.05) is 26.0 Å². The van der Waals surface area contributed by atoms with Crippen LogP contribution in [0.3, 0.4) is 0 Å². The minimum Gasteiger partial charge on any atom is -0.497 e. The molecule has 0 saturated carbocycles. The Bertz CT molecular complexity index is 757. The second-order valence-electron chi connectivity index (χ2n) is 6.91. The largest absolute Gasteiger partial charge is 0.497 e. The number of aryl methyl sites for hydroxylation is 1. The van der Waals surface area contributed by atoms with Crippen molar-refractivity contribution in [2.24, 2.45) is 12.0 Å². The topological polar surface area (TPSA) is 45.0 Å². The normalized spacial score (nSPS) is 12.4. The van der Waals surface area contributed by atoms with Gasteiger partial charge in [-0.3, -0.25) is 9.89 Å². The van der Waals surface area contributed by atoms with Gasteiger partial charge < -0.3 is 19.5 Å². The van der Waals surface area contributed by atoms with Gasteiger partial charge in [-0.25, -0.2) is 0 Å². The molecule has 2 aromatic rings. The summed E-state index contributed by atoms with van der Waals surface area (Å²) in [6.45, 7) is 7.95. The van der Waals surface area contributed by atoms with Crippen molar-refractivity contribution >= 4 is 29.9 Å². The molecule has 0 aliphatic heterocycles. The number of benzene rings is 1. The molecule has 2 rings (SSSR count). The maximum atomic E-state index is 5.43. The van der Waals surface area contributed by atoms with Crippen LogP contribution in [0.15, 0.2) is 47.6 Å². The molecule has 0 aliphatic carbocycles. The highest BCUT2D eigenvalue weighted by Gasteiger charge is 2.20. The van der Waals surface area contributed by atoms with Crippen LogP contribution in [-0.4, -0.2) is 61.2 Å². The maximum absolute atomic E-state index is 5.43. The Balaban J connectivity index is 0.00000420. The molecule has 162 valence electrons. The van der Waals surface area contributed by atoms with E-state index in [0.29, 0.717) is 0 Å². The van der Waals surface area contributed by atoms with Crippen LogP contribution in [0.4, 0.5) is 0 Å². The highest BCUT2D eigenvalue weighted by molar-refractivity contribution is 14.0. The van der Waals surface area contributed by atoms with E-state index < -0.39 is 0 Å². The SMILES string of the molecule is CCN(CC)C(CNC(=NC)N(C)Cc1cccn1C)c1cccc(OC)c1.I. The number of nitrogens with zero attached hydrogens (tertiary/aromatic N) is 4. The Morgan fingerprint density at radius 3 is 2.48 bits per heavy atom. The molecule has 0 aliphatic rings. The minimum absolute atomic E-state index is 0. The van der Waals surface area contributed by atoms with Crippen molar-refractivity contribution in [1.29, 1.82) is 0 Å². The first-order chi connectivity index (χ1) is 13.5. The van der Waals surface area contributed by atoms with Crippen LogP contribution in [0.25, 0.3) is 0 Å². The standard InChI is InChI=1S/C22H35N5O.HI/c1-7-27(8-2)21(18-11-9-13-20(15-18)28-6)16-24-22(23-3)26(5)17-19-12-10-14-25(19)4;/h9-15,21H,7-8,16-17H2,1-6H3,(H,23,24);1H. The fourth-order valence-electron chi connectivity index (χ4n) is 3.52. The summed E-state index contributed by atoms with van der Waals surface area (Å²) in [5.41, 5.74) is 2.50. The van der Waals surface area contributed by atoms with Gasteiger partial charge in [0.2, 0.25) is 0 Å². The summed E-state index contributed by atoms with van der Waals surface area (Å²) < 4.78 is 7.57. The molecule has 29 heavy (non-hydrogen) atoms. The number of aromatic nitrogens is 1. The summed E-state index contributed by atoms with van der Waals surface area (Å²) in [6, 6.07) is 12.8. The molecule has 1 atom stereocenters. The Labute approximate surface area is 193 Å². The number of aliphatic imine (C=N–C) groups is 1. The van der Waals surface area contributed by atoms with Crippen LogP contribution in [0, 0.1) is 0 Å². The lowest BCUT2D eigenvalue weighted by atomic mass is 10.0. The van der Waals surface area contributed by atoms with Gasteiger partial charge in [0, 0.05) is 39.6 Å². The van der Waals surface area contributed by atoms with Gasteiger partial charge in [0.1, 0.15) is 5.75 Å². The zero-order valence-electron chi connectivity index (χ0n) is 18.6. The van der Waals surface area contributed by atoms with Crippen LogP contribution < -0.4 is 10.1 Å². The third-order valence-electron chi connectivity index (χ3n) is 5.21. The molecule has 0 saturated heterocycles. The quantitative estimate of drug-likeness (QED) is 0.315. The highest BCUT2D eigenvalue weighted by Crippen LogP contribution is 2.24. The van der Waals surface area contributed by atoms with Gasteiger partial charge in [0.15, 0.2) is 5.96 Å². The van der Waals surface area contributed by atoms with Crippen molar-refractivity contribution in [3.8, 4) is 5.75 Å². The van der Waals surface area contributed by atoms with Crippen LogP contribution in [0.2, 0.25) is 0 Å². The number of likely N-dealkylation sites (N-methyl/N-ethyl adjacent to an activating group) is 1. The molecule has 6 nitrogen and oxygen atoms in total. The first kappa shape index (κ1) is 25.3. The fraction of sp³-hybridized carbons (Fsp3) is 0.500. The van der Waals surface area contributed by atoms with Crippen LogP contribution in [-0.2, 0) is 13.6 Å². The van der Waals surface area contributed by atoms with Crippen LogP contribution >= 0.6 is 24.0 Å². The molecule has 1 aromatic carbocycles. The summed E-state index contributed by atoms with van der Waals surface area (Å²) in [7, 11) is 7.69. The summed E-state index contributed by atoms with van der Waals surface area (Å²) in [5.74, 6) is 1.78. The Hall–Kier alpha value is -1.74. The van der Waals surface area contributed by atoms with Gasteiger partial charge in [-0.05, 0) is 42.9 Å². The van der Waals surface area contributed by atoms with E-state index in [1.54, 1.807) is 7.11 Å². The van der Waals surface area contributed by atoms with Crippen LogP contribution in [0.1, 0.15) is 31.1 Å².